The Labute approximate surface area is 103 Å². The van der Waals surface area contributed by atoms with Crippen LogP contribution < -0.4 is 0 Å². The van der Waals surface area contributed by atoms with Crippen molar-refractivity contribution in [1.29, 1.82) is 0 Å². The Kier molecular flexibility index (Phi) is 2.47. The van der Waals surface area contributed by atoms with Gasteiger partial charge in [-0.3, -0.25) is 15.1 Å². The molecule has 0 aromatic carbocycles. The van der Waals surface area contributed by atoms with Crippen molar-refractivity contribution in [2.75, 3.05) is 6.54 Å². The maximum Gasteiger partial charge on any atom is 0.433 e. The van der Waals surface area contributed by atoms with E-state index in [1.165, 1.54) is 6.07 Å². The molecular weight excluding hydrogens is 234 g/mol. The molecule has 0 saturated carbocycles. The molecule has 0 amide bonds. The van der Waals surface area contributed by atoms with E-state index >= 15 is 0 Å². The predicted octanol–water partition coefficient (Wildman–Crippen LogP) is 2.42. The summed E-state index contributed by atoms with van der Waals surface area (Å²) >= 11 is 0. The predicted molar refractivity (Wildman–Crippen MR) is 65.1 cm³/mol. The van der Waals surface area contributed by atoms with E-state index in [4.69, 9.17) is 4.42 Å². The van der Waals surface area contributed by atoms with Crippen molar-refractivity contribution in [3.8, 4) is 0 Å². The summed E-state index contributed by atoms with van der Waals surface area (Å²) in [5.41, 5.74) is 0. The highest BCUT2D eigenvalue weighted by molar-refractivity contribution is 5.95. The molecule has 0 spiro atoms. The van der Waals surface area contributed by atoms with Gasteiger partial charge in [0.15, 0.2) is 0 Å². The summed E-state index contributed by atoms with van der Waals surface area (Å²) in [6.45, 7) is 0.832. The summed E-state index contributed by atoms with van der Waals surface area (Å²) in [5.74, 6) is 1.19. The second-order valence-corrected chi connectivity index (χ2v) is 4.12. The smallest absolute Gasteiger partial charge is 0.404 e. The molecule has 0 aliphatic carbocycles. The van der Waals surface area contributed by atoms with Gasteiger partial charge in [0.2, 0.25) is 0 Å². The summed E-state index contributed by atoms with van der Waals surface area (Å²) in [5, 5.41) is 10.6. The van der Waals surface area contributed by atoms with Gasteiger partial charge < -0.3 is 9.32 Å². The third kappa shape index (κ3) is 1.81. The van der Waals surface area contributed by atoms with Gasteiger partial charge in [-0.2, -0.15) is 0 Å². The number of nitrogens with zero attached hydrogens (tertiary/aromatic N) is 3. The monoisotopic (exact) mass is 245 g/mol. The van der Waals surface area contributed by atoms with Crippen LogP contribution in [0, 0.1) is 10.1 Å². The Morgan fingerprint density at radius 3 is 3.11 bits per heavy atom. The third-order valence-corrected chi connectivity index (χ3v) is 2.97. The van der Waals surface area contributed by atoms with E-state index in [0.717, 1.165) is 18.8 Å². The van der Waals surface area contributed by atoms with Crippen molar-refractivity contribution >= 4 is 11.7 Å². The van der Waals surface area contributed by atoms with Crippen LogP contribution in [0.1, 0.15) is 18.2 Å². The zero-order chi connectivity index (χ0) is 12.5. The molecule has 3 rings (SSSR count). The summed E-state index contributed by atoms with van der Waals surface area (Å²) in [6.07, 6.45) is 8.55. The number of furan rings is 1. The molecular formula is C12H11N3O3. The van der Waals surface area contributed by atoms with Crippen LogP contribution in [-0.4, -0.2) is 22.2 Å². The van der Waals surface area contributed by atoms with Gasteiger partial charge >= 0.3 is 5.88 Å². The minimum Gasteiger partial charge on any atom is -0.404 e. The van der Waals surface area contributed by atoms with Crippen LogP contribution >= 0.6 is 0 Å². The topological polar surface area (TPSA) is 71.9 Å². The molecule has 0 saturated heterocycles. The van der Waals surface area contributed by atoms with Crippen LogP contribution in [0.15, 0.2) is 46.0 Å². The van der Waals surface area contributed by atoms with Gasteiger partial charge in [-0.15, -0.1) is 0 Å². The van der Waals surface area contributed by atoms with Crippen LogP contribution in [0.25, 0.3) is 0 Å². The van der Waals surface area contributed by atoms with Crippen LogP contribution in [0.5, 0.6) is 0 Å². The average Bonchev–Trinajstić information content (AvgIpc) is 2.88. The van der Waals surface area contributed by atoms with Crippen LogP contribution in [0.3, 0.4) is 0 Å². The second-order valence-electron chi connectivity index (χ2n) is 4.12. The number of hydrogen-bond acceptors (Lipinski definition) is 5. The normalized spacial score (nSPS) is 21.7. The molecule has 0 N–H and O–H groups in total. The molecule has 1 atom stereocenters. The number of hydrogen-bond donors (Lipinski definition) is 0. The lowest BCUT2D eigenvalue weighted by Gasteiger charge is -2.29. The van der Waals surface area contributed by atoms with E-state index in [-0.39, 0.29) is 11.9 Å². The largest absolute Gasteiger partial charge is 0.433 e. The minimum absolute atomic E-state index is 0.138. The van der Waals surface area contributed by atoms with Gasteiger partial charge in [-0.1, -0.05) is 6.08 Å². The van der Waals surface area contributed by atoms with Crippen LogP contribution in [0.2, 0.25) is 0 Å². The fourth-order valence-corrected chi connectivity index (χ4v) is 2.08. The van der Waals surface area contributed by atoms with Gasteiger partial charge in [-0.05, 0) is 24.6 Å². The van der Waals surface area contributed by atoms with Crippen molar-refractivity contribution in [3.05, 3.63) is 52.4 Å². The van der Waals surface area contributed by atoms with E-state index in [1.54, 1.807) is 6.07 Å². The lowest BCUT2D eigenvalue weighted by atomic mass is 10.1. The molecule has 0 bridgehead atoms. The molecule has 92 valence electrons. The summed E-state index contributed by atoms with van der Waals surface area (Å²) in [4.78, 5) is 16.6. The first-order valence-electron chi connectivity index (χ1n) is 5.67. The van der Waals surface area contributed by atoms with Gasteiger partial charge in [0, 0.05) is 12.7 Å². The van der Waals surface area contributed by atoms with Gasteiger partial charge in [0.1, 0.15) is 22.6 Å². The quantitative estimate of drug-likeness (QED) is 0.592. The van der Waals surface area contributed by atoms with Gasteiger partial charge in [-0.25, -0.2) is 0 Å². The summed E-state index contributed by atoms with van der Waals surface area (Å²) < 4.78 is 5.20. The minimum atomic E-state index is -0.533. The lowest BCUT2D eigenvalue weighted by Crippen LogP contribution is -2.31. The maximum atomic E-state index is 10.6. The Bertz CT molecular complexity index is 571. The molecule has 0 fully saturated rings. The van der Waals surface area contributed by atoms with Crippen molar-refractivity contribution in [1.82, 2.24) is 4.90 Å². The van der Waals surface area contributed by atoms with Gasteiger partial charge in [0.05, 0.1) is 6.07 Å². The number of allylic oxidation sites excluding steroid dienone is 2. The molecule has 6 nitrogen and oxygen atoms in total. The SMILES string of the molecule is O=[N+]([O-])c1ccc(C2CCN3C=CC=CC3=N2)o1. The molecule has 2 aliphatic heterocycles. The van der Waals surface area contributed by atoms with Gasteiger partial charge in [0.25, 0.3) is 0 Å². The first-order chi connectivity index (χ1) is 8.74. The number of aliphatic imine (C=N–C) groups is 1. The fourth-order valence-electron chi connectivity index (χ4n) is 2.08. The highest BCUT2D eigenvalue weighted by Gasteiger charge is 2.25. The van der Waals surface area contributed by atoms with Crippen molar-refractivity contribution in [2.45, 2.75) is 12.5 Å². The molecule has 0 radical (unpaired) electrons. The fraction of sp³-hybridized carbons (Fsp3) is 0.250. The highest BCUT2D eigenvalue weighted by atomic mass is 16.6. The third-order valence-electron chi connectivity index (χ3n) is 2.97. The number of fused-ring (bicyclic) bond motifs is 1. The van der Waals surface area contributed by atoms with E-state index in [2.05, 4.69) is 4.99 Å². The second kappa shape index (κ2) is 4.14. The number of rotatable bonds is 2. The van der Waals surface area contributed by atoms with Crippen molar-refractivity contribution in [2.24, 2.45) is 4.99 Å². The Hall–Kier alpha value is -2.37. The molecule has 1 aromatic rings. The Balaban J connectivity index is 1.87. The molecule has 3 heterocycles. The molecule has 2 aliphatic rings. The first kappa shape index (κ1) is 10.8. The molecule has 6 heteroatoms. The zero-order valence-corrected chi connectivity index (χ0v) is 9.52. The Morgan fingerprint density at radius 2 is 2.33 bits per heavy atom. The van der Waals surface area contributed by atoms with E-state index in [1.807, 2.05) is 29.3 Å². The van der Waals surface area contributed by atoms with E-state index in [0.29, 0.717) is 5.76 Å². The van der Waals surface area contributed by atoms with E-state index in [9.17, 15) is 10.1 Å². The number of amidine groups is 1. The van der Waals surface area contributed by atoms with Crippen molar-refractivity contribution in [3.63, 3.8) is 0 Å². The summed E-state index contributed by atoms with van der Waals surface area (Å²) in [6, 6.07) is 2.87. The molecule has 1 aromatic heterocycles. The standard InChI is InChI=1S/C12H11N3O3/c16-15(17)12-5-4-10(18-12)9-6-8-14-7-2-1-3-11(14)13-9/h1-5,7,9H,6,8H2. The molecule has 18 heavy (non-hydrogen) atoms. The summed E-state index contributed by atoms with van der Waals surface area (Å²) in [7, 11) is 0. The molecule has 1 unspecified atom stereocenters. The lowest BCUT2D eigenvalue weighted by molar-refractivity contribution is -0.402. The highest BCUT2D eigenvalue weighted by Crippen LogP contribution is 2.30. The first-order valence-corrected chi connectivity index (χ1v) is 5.67. The van der Waals surface area contributed by atoms with Crippen LogP contribution in [-0.2, 0) is 0 Å². The van der Waals surface area contributed by atoms with Crippen LogP contribution in [0.4, 0.5) is 5.88 Å². The van der Waals surface area contributed by atoms with E-state index < -0.39 is 4.92 Å². The average molecular weight is 245 g/mol. The maximum absolute atomic E-state index is 10.6. The number of nitro groups is 1. The zero-order valence-electron chi connectivity index (χ0n) is 9.52. The van der Waals surface area contributed by atoms with Crippen molar-refractivity contribution < 1.29 is 9.34 Å². The Morgan fingerprint density at radius 1 is 1.44 bits per heavy atom.